The molecule has 2 aromatic rings. The average Bonchev–Trinajstić information content (AvgIpc) is 3.12. The van der Waals surface area contributed by atoms with Gasteiger partial charge < -0.3 is 20.1 Å². The van der Waals surface area contributed by atoms with Crippen LogP contribution in [0.4, 0.5) is 28.9 Å². The fraction of sp³-hybridized carbons (Fsp3) is 0.400. The Morgan fingerprint density at radius 3 is 2.83 bits per heavy atom. The number of carbonyl (C=O) groups is 1. The van der Waals surface area contributed by atoms with E-state index in [1.807, 2.05) is 19.1 Å². The summed E-state index contributed by atoms with van der Waals surface area (Å²) in [7, 11) is 0. The minimum absolute atomic E-state index is 0.0317. The van der Waals surface area contributed by atoms with Gasteiger partial charge in [0.2, 0.25) is 0 Å². The molecular formula is C25H25F4N3O3. The van der Waals surface area contributed by atoms with E-state index in [2.05, 4.69) is 27.2 Å². The fourth-order valence-electron chi connectivity index (χ4n) is 3.84. The fourth-order valence-corrected chi connectivity index (χ4v) is 3.84. The minimum atomic E-state index is -3.32. The summed E-state index contributed by atoms with van der Waals surface area (Å²) < 4.78 is 63.2. The van der Waals surface area contributed by atoms with Crippen LogP contribution < -0.4 is 20.1 Å². The third-order valence-corrected chi connectivity index (χ3v) is 5.50. The molecule has 2 aliphatic heterocycles. The van der Waals surface area contributed by atoms with Gasteiger partial charge in [-0.2, -0.15) is 8.78 Å². The van der Waals surface area contributed by atoms with E-state index in [0.29, 0.717) is 36.2 Å². The minimum Gasteiger partial charge on any atom is -0.477 e. The van der Waals surface area contributed by atoms with Crippen LogP contribution in [0.15, 0.2) is 36.4 Å². The molecule has 2 aromatic carbocycles. The molecule has 0 aromatic heterocycles. The number of benzene rings is 2. The van der Waals surface area contributed by atoms with Crippen LogP contribution in [0, 0.1) is 18.8 Å². The molecule has 0 saturated carbocycles. The normalized spacial score (nSPS) is 19.0. The van der Waals surface area contributed by atoms with Crippen LogP contribution in [-0.2, 0) is 4.79 Å². The summed E-state index contributed by atoms with van der Waals surface area (Å²) in [6, 6.07) is 9.52. The number of fused-ring (bicyclic) bond motifs is 1. The highest BCUT2D eigenvalue weighted by Gasteiger charge is 2.37. The van der Waals surface area contributed by atoms with Crippen molar-refractivity contribution in [2.45, 2.75) is 38.4 Å². The SMILES string of the molecule is Cc1ccc(NC(=O)C2CNc3cc(OC(C)(F)F)ccc3O2)c(C#CCN2CCC(F)(F)C2)c1. The number of halogens is 4. The number of hydrogen-bond acceptors (Lipinski definition) is 5. The Morgan fingerprint density at radius 2 is 2.11 bits per heavy atom. The number of ether oxygens (including phenoxy) is 2. The highest BCUT2D eigenvalue weighted by atomic mass is 19.3. The van der Waals surface area contributed by atoms with Crippen molar-refractivity contribution < 1.29 is 31.8 Å². The van der Waals surface area contributed by atoms with Crippen molar-refractivity contribution in [3.05, 3.63) is 47.5 Å². The number of nitrogens with zero attached hydrogens (tertiary/aromatic N) is 1. The molecule has 1 saturated heterocycles. The zero-order chi connectivity index (χ0) is 25.2. The molecule has 2 heterocycles. The number of likely N-dealkylation sites (tertiary alicyclic amines) is 1. The third-order valence-electron chi connectivity index (χ3n) is 5.50. The smallest absolute Gasteiger partial charge is 0.394 e. The van der Waals surface area contributed by atoms with Gasteiger partial charge in [-0.3, -0.25) is 9.69 Å². The lowest BCUT2D eigenvalue weighted by atomic mass is 10.1. The van der Waals surface area contributed by atoms with E-state index in [9.17, 15) is 22.4 Å². The van der Waals surface area contributed by atoms with E-state index in [1.54, 1.807) is 11.0 Å². The Morgan fingerprint density at radius 1 is 1.31 bits per heavy atom. The van der Waals surface area contributed by atoms with Crippen molar-refractivity contribution in [2.24, 2.45) is 0 Å². The Labute approximate surface area is 200 Å². The Balaban J connectivity index is 1.41. The number of anilines is 2. The van der Waals surface area contributed by atoms with E-state index in [1.165, 1.54) is 18.2 Å². The molecular weight excluding hydrogens is 466 g/mol. The number of carbonyl (C=O) groups excluding carboxylic acids is 1. The summed E-state index contributed by atoms with van der Waals surface area (Å²) in [5.74, 6) is 3.09. The maximum absolute atomic E-state index is 13.4. The molecule has 1 amide bonds. The molecule has 0 spiro atoms. The van der Waals surface area contributed by atoms with Crippen LogP contribution in [0.1, 0.15) is 24.5 Å². The molecule has 4 rings (SSSR count). The molecule has 0 radical (unpaired) electrons. The first-order valence-corrected chi connectivity index (χ1v) is 11.1. The van der Waals surface area contributed by atoms with Gasteiger partial charge in [0.15, 0.2) is 6.10 Å². The number of amides is 1. The van der Waals surface area contributed by atoms with Gasteiger partial charge in [-0.25, -0.2) is 8.78 Å². The van der Waals surface area contributed by atoms with Crippen molar-refractivity contribution in [1.29, 1.82) is 0 Å². The monoisotopic (exact) mass is 491 g/mol. The molecule has 186 valence electrons. The van der Waals surface area contributed by atoms with Gasteiger partial charge in [0.1, 0.15) is 11.5 Å². The first-order valence-electron chi connectivity index (χ1n) is 11.1. The molecule has 6 nitrogen and oxygen atoms in total. The Kier molecular flexibility index (Phi) is 6.81. The molecule has 1 atom stereocenters. The lowest BCUT2D eigenvalue weighted by molar-refractivity contribution is -0.158. The first kappa shape index (κ1) is 24.7. The maximum Gasteiger partial charge on any atom is 0.394 e. The molecule has 2 N–H and O–H groups in total. The molecule has 35 heavy (non-hydrogen) atoms. The molecule has 0 bridgehead atoms. The van der Waals surface area contributed by atoms with Gasteiger partial charge in [-0.05, 0) is 36.8 Å². The van der Waals surface area contributed by atoms with Crippen molar-refractivity contribution in [3.63, 3.8) is 0 Å². The van der Waals surface area contributed by atoms with Crippen LogP contribution in [0.25, 0.3) is 0 Å². The van der Waals surface area contributed by atoms with Crippen molar-refractivity contribution in [1.82, 2.24) is 4.90 Å². The molecule has 2 aliphatic rings. The Hall–Kier alpha value is -3.45. The van der Waals surface area contributed by atoms with Gasteiger partial charge in [-0.15, -0.1) is 0 Å². The van der Waals surface area contributed by atoms with Crippen LogP contribution in [0.5, 0.6) is 11.5 Å². The highest BCUT2D eigenvalue weighted by molar-refractivity contribution is 5.96. The van der Waals surface area contributed by atoms with Crippen molar-refractivity contribution in [3.8, 4) is 23.3 Å². The molecule has 1 fully saturated rings. The van der Waals surface area contributed by atoms with E-state index >= 15 is 0 Å². The zero-order valence-electron chi connectivity index (χ0n) is 19.3. The highest BCUT2D eigenvalue weighted by Crippen LogP contribution is 2.34. The van der Waals surface area contributed by atoms with Crippen LogP contribution in [0.2, 0.25) is 0 Å². The molecule has 1 unspecified atom stereocenters. The number of nitrogens with one attached hydrogen (secondary N) is 2. The maximum atomic E-state index is 13.4. The van der Waals surface area contributed by atoms with Gasteiger partial charge in [0.05, 0.1) is 31.0 Å². The second-order valence-corrected chi connectivity index (χ2v) is 8.71. The molecule has 0 aliphatic carbocycles. The predicted octanol–water partition coefficient (Wildman–Crippen LogP) is 4.49. The number of alkyl halides is 4. The predicted molar refractivity (Wildman–Crippen MR) is 123 cm³/mol. The largest absolute Gasteiger partial charge is 0.477 e. The lowest BCUT2D eigenvalue weighted by Crippen LogP contribution is -2.41. The van der Waals surface area contributed by atoms with Crippen LogP contribution in [-0.4, -0.2) is 55.1 Å². The summed E-state index contributed by atoms with van der Waals surface area (Å²) in [5.41, 5.74) is 2.41. The van der Waals surface area contributed by atoms with E-state index in [4.69, 9.17) is 4.74 Å². The van der Waals surface area contributed by atoms with E-state index < -0.39 is 24.0 Å². The summed E-state index contributed by atoms with van der Waals surface area (Å²) in [6.07, 6.45) is -4.37. The van der Waals surface area contributed by atoms with Gasteiger partial charge in [0, 0.05) is 31.5 Å². The van der Waals surface area contributed by atoms with Crippen LogP contribution in [0.3, 0.4) is 0 Å². The van der Waals surface area contributed by atoms with Crippen molar-refractivity contribution in [2.75, 3.05) is 36.8 Å². The third kappa shape index (κ3) is 6.57. The lowest BCUT2D eigenvalue weighted by Gasteiger charge is -2.27. The van der Waals surface area contributed by atoms with Crippen molar-refractivity contribution >= 4 is 17.3 Å². The number of rotatable bonds is 5. The summed E-state index contributed by atoms with van der Waals surface area (Å²) in [6.45, 7) is 2.84. The first-order chi connectivity index (χ1) is 16.5. The van der Waals surface area contributed by atoms with Gasteiger partial charge in [-0.1, -0.05) is 17.9 Å². The van der Waals surface area contributed by atoms with E-state index in [0.717, 1.165) is 5.56 Å². The standard InChI is InChI=1S/C25H25F4N3O3/c1-16-5-7-19(17(12-16)4-3-10-32-11-9-25(28,29)15-32)31-23(33)22-14-30-20-13-18(35-24(2,26)27)6-8-21(20)34-22/h5-8,12-13,22,30H,9-11,14-15H2,1-2H3,(H,31,33). The summed E-state index contributed by atoms with van der Waals surface area (Å²) >= 11 is 0. The zero-order valence-corrected chi connectivity index (χ0v) is 19.3. The quantitative estimate of drug-likeness (QED) is 0.477. The number of aryl methyl sites for hydroxylation is 1. The second-order valence-electron chi connectivity index (χ2n) is 8.71. The van der Waals surface area contributed by atoms with Gasteiger partial charge >= 0.3 is 6.11 Å². The topological polar surface area (TPSA) is 62.8 Å². The molecule has 10 heteroatoms. The summed E-state index contributed by atoms with van der Waals surface area (Å²) in [5, 5.41) is 5.80. The summed E-state index contributed by atoms with van der Waals surface area (Å²) in [4.78, 5) is 14.5. The van der Waals surface area contributed by atoms with E-state index in [-0.39, 0.29) is 31.8 Å². The van der Waals surface area contributed by atoms with Gasteiger partial charge in [0.25, 0.3) is 11.8 Å². The average molecular weight is 491 g/mol. The number of hydrogen-bond donors (Lipinski definition) is 2. The van der Waals surface area contributed by atoms with Crippen LogP contribution >= 0.6 is 0 Å². The second kappa shape index (κ2) is 9.66. The Bertz CT molecular complexity index is 1170.